The molecule has 7 heteroatoms. The summed E-state index contributed by atoms with van der Waals surface area (Å²) >= 11 is 0. The maximum absolute atomic E-state index is 11.8. The molecule has 2 rings (SSSR count). The third-order valence-electron chi connectivity index (χ3n) is 3.00. The summed E-state index contributed by atoms with van der Waals surface area (Å²) in [6, 6.07) is 12.3. The van der Waals surface area contributed by atoms with Crippen LogP contribution in [0.15, 0.2) is 59.5 Å². The monoisotopic (exact) mass is 332 g/mol. The molecule has 3 N–H and O–H groups in total. The van der Waals surface area contributed by atoms with Gasteiger partial charge in [-0.15, -0.1) is 0 Å². The topological polar surface area (TPSA) is 95.5 Å². The molecule has 0 aliphatic carbocycles. The van der Waals surface area contributed by atoms with Crippen LogP contribution in [-0.2, 0) is 14.8 Å². The molecule has 0 bridgehead atoms. The number of sulfonamides is 1. The summed E-state index contributed by atoms with van der Waals surface area (Å²) in [4.78, 5) is 11.9. The standard InChI is InChI=1S/C16H16N2O4S/c1-17-23(21,22)15-8-5-12(6-9-15)7-10-16(20)18-13-3-2-4-14(19)11-13/h2-11,17,19H,1H3,(H,18,20)/b10-7+. The van der Waals surface area contributed by atoms with Gasteiger partial charge in [-0.3, -0.25) is 4.79 Å². The van der Waals surface area contributed by atoms with Crippen molar-refractivity contribution in [2.45, 2.75) is 4.90 Å². The third kappa shape index (κ3) is 4.67. The SMILES string of the molecule is CNS(=O)(=O)c1ccc(/C=C/C(=O)Nc2cccc(O)c2)cc1. The second-order valence-electron chi connectivity index (χ2n) is 4.65. The van der Waals surface area contributed by atoms with Gasteiger partial charge in [-0.25, -0.2) is 13.1 Å². The highest BCUT2D eigenvalue weighted by molar-refractivity contribution is 7.89. The first-order valence-electron chi connectivity index (χ1n) is 6.72. The van der Waals surface area contributed by atoms with Crippen molar-refractivity contribution >= 4 is 27.7 Å². The summed E-state index contributed by atoms with van der Waals surface area (Å²) in [7, 11) is -2.13. The quantitative estimate of drug-likeness (QED) is 0.729. The van der Waals surface area contributed by atoms with Crippen LogP contribution >= 0.6 is 0 Å². The number of phenolic OH excluding ortho intramolecular Hbond substituents is 1. The van der Waals surface area contributed by atoms with E-state index >= 15 is 0 Å². The molecule has 0 atom stereocenters. The Kier molecular flexibility index (Phi) is 5.15. The molecule has 2 aromatic carbocycles. The second-order valence-corrected chi connectivity index (χ2v) is 6.54. The molecular formula is C16H16N2O4S. The van der Waals surface area contributed by atoms with E-state index in [9.17, 15) is 18.3 Å². The van der Waals surface area contributed by atoms with Crippen molar-refractivity contribution in [3.63, 3.8) is 0 Å². The highest BCUT2D eigenvalue weighted by atomic mass is 32.2. The van der Waals surface area contributed by atoms with Crippen LogP contribution in [0.25, 0.3) is 6.08 Å². The first-order valence-corrected chi connectivity index (χ1v) is 8.21. The van der Waals surface area contributed by atoms with Gasteiger partial charge in [0.1, 0.15) is 5.75 Å². The lowest BCUT2D eigenvalue weighted by atomic mass is 10.2. The molecule has 1 amide bonds. The highest BCUT2D eigenvalue weighted by Crippen LogP contribution is 2.15. The van der Waals surface area contributed by atoms with Crippen molar-refractivity contribution in [1.29, 1.82) is 0 Å². The summed E-state index contributed by atoms with van der Waals surface area (Å²) in [5.74, 6) is -0.296. The summed E-state index contributed by atoms with van der Waals surface area (Å²) in [6.45, 7) is 0. The zero-order chi connectivity index (χ0) is 16.9. The lowest BCUT2D eigenvalue weighted by molar-refractivity contribution is -0.111. The molecule has 0 saturated carbocycles. The van der Waals surface area contributed by atoms with Crippen molar-refractivity contribution in [2.75, 3.05) is 12.4 Å². The number of hydrogen-bond donors (Lipinski definition) is 3. The number of aromatic hydroxyl groups is 1. The van der Waals surface area contributed by atoms with Crippen molar-refractivity contribution in [3.05, 3.63) is 60.2 Å². The van der Waals surface area contributed by atoms with Gasteiger partial charge in [0.25, 0.3) is 0 Å². The average molecular weight is 332 g/mol. The molecular weight excluding hydrogens is 316 g/mol. The number of rotatable bonds is 5. The molecule has 0 aromatic heterocycles. The van der Waals surface area contributed by atoms with Crippen molar-refractivity contribution in [3.8, 4) is 5.75 Å². The summed E-state index contributed by atoms with van der Waals surface area (Å²) < 4.78 is 25.4. The Morgan fingerprint density at radius 1 is 1.13 bits per heavy atom. The number of nitrogens with one attached hydrogen (secondary N) is 2. The van der Waals surface area contributed by atoms with Gasteiger partial charge < -0.3 is 10.4 Å². The van der Waals surface area contributed by atoms with Crippen molar-refractivity contribution < 1.29 is 18.3 Å². The first-order chi connectivity index (χ1) is 10.9. The van der Waals surface area contributed by atoms with Crippen LogP contribution in [-0.4, -0.2) is 26.5 Å². The Morgan fingerprint density at radius 3 is 2.43 bits per heavy atom. The van der Waals surface area contributed by atoms with Crippen LogP contribution in [0.4, 0.5) is 5.69 Å². The van der Waals surface area contributed by atoms with Gasteiger partial charge in [-0.2, -0.15) is 0 Å². The minimum atomic E-state index is -3.47. The number of carbonyl (C=O) groups excluding carboxylic acids is 1. The molecule has 0 heterocycles. The Hall–Kier alpha value is -2.64. The predicted octanol–water partition coefficient (Wildman–Crippen LogP) is 1.95. The van der Waals surface area contributed by atoms with Crippen LogP contribution in [0.3, 0.4) is 0 Å². The number of hydrogen-bond acceptors (Lipinski definition) is 4. The smallest absolute Gasteiger partial charge is 0.248 e. The van der Waals surface area contributed by atoms with Gasteiger partial charge in [0.05, 0.1) is 4.90 Å². The summed E-state index contributed by atoms with van der Waals surface area (Å²) in [6.07, 6.45) is 2.89. The predicted molar refractivity (Wildman–Crippen MR) is 88.5 cm³/mol. The normalized spacial score (nSPS) is 11.5. The molecule has 0 radical (unpaired) electrons. The summed E-state index contributed by atoms with van der Waals surface area (Å²) in [5, 5.41) is 11.9. The van der Waals surface area contributed by atoms with Crippen LogP contribution in [0.1, 0.15) is 5.56 Å². The third-order valence-corrected chi connectivity index (χ3v) is 4.43. The van der Waals surface area contributed by atoms with Crippen LogP contribution in [0.5, 0.6) is 5.75 Å². The molecule has 0 saturated heterocycles. The van der Waals surface area contributed by atoms with E-state index in [1.807, 2.05) is 0 Å². The fourth-order valence-corrected chi connectivity index (χ4v) is 2.55. The Balaban J connectivity index is 2.04. The Morgan fingerprint density at radius 2 is 1.83 bits per heavy atom. The van der Waals surface area contributed by atoms with E-state index in [1.165, 1.54) is 37.4 Å². The molecule has 0 aliphatic rings. The van der Waals surface area contributed by atoms with E-state index in [4.69, 9.17) is 0 Å². The largest absolute Gasteiger partial charge is 0.508 e. The van der Waals surface area contributed by atoms with E-state index in [0.717, 1.165) is 0 Å². The Bertz CT molecular complexity index is 827. The average Bonchev–Trinajstić information content (AvgIpc) is 2.53. The molecule has 23 heavy (non-hydrogen) atoms. The van der Waals surface area contributed by atoms with Gasteiger partial charge in [0.2, 0.25) is 15.9 Å². The summed E-state index contributed by atoms with van der Waals surface area (Å²) in [5.41, 5.74) is 1.17. The fourth-order valence-electron chi connectivity index (χ4n) is 1.82. The molecule has 0 aliphatic heterocycles. The van der Waals surface area contributed by atoms with E-state index in [-0.39, 0.29) is 16.6 Å². The van der Waals surface area contributed by atoms with Crippen molar-refractivity contribution in [2.24, 2.45) is 0 Å². The fraction of sp³-hybridized carbons (Fsp3) is 0.0625. The van der Waals surface area contributed by atoms with E-state index in [0.29, 0.717) is 11.3 Å². The number of benzene rings is 2. The molecule has 0 fully saturated rings. The van der Waals surface area contributed by atoms with Crippen LogP contribution in [0, 0.1) is 0 Å². The molecule has 6 nitrogen and oxygen atoms in total. The maximum atomic E-state index is 11.8. The first kappa shape index (κ1) is 16.7. The molecule has 0 spiro atoms. The number of amides is 1. The van der Waals surface area contributed by atoms with E-state index in [1.54, 1.807) is 30.3 Å². The molecule has 0 unspecified atom stereocenters. The van der Waals surface area contributed by atoms with Gasteiger partial charge in [0.15, 0.2) is 0 Å². The lowest BCUT2D eigenvalue weighted by Gasteiger charge is -2.03. The number of phenols is 1. The second kappa shape index (κ2) is 7.08. The van der Waals surface area contributed by atoms with Gasteiger partial charge in [0, 0.05) is 17.8 Å². The van der Waals surface area contributed by atoms with Crippen LogP contribution in [0.2, 0.25) is 0 Å². The van der Waals surface area contributed by atoms with E-state index < -0.39 is 10.0 Å². The van der Waals surface area contributed by atoms with Gasteiger partial charge >= 0.3 is 0 Å². The Labute approximate surface area is 134 Å². The zero-order valence-corrected chi connectivity index (χ0v) is 13.2. The number of carbonyl (C=O) groups is 1. The van der Waals surface area contributed by atoms with E-state index in [2.05, 4.69) is 10.0 Å². The van der Waals surface area contributed by atoms with Gasteiger partial charge in [-0.05, 0) is 43.0 Å². The molecule has 120 valence electrons. The highest BCUT2D eigenvalue weighted by Gasteiger charge is 2.09. The number of anilines is 1. The zero-order valence-electron chi connectivity index (χ0n) is 12.4. The minimum Gasteiger partial charge on any atom is -0.508 e. The van der Waals surface area contributed by atoms with Crippen molar-refractivity contribution in [1.82, 2.24) is 4.72 Å². The minimum absolute atomic E-state index is 0.0631. The maximum Gasteiger partial charge on any atom is 0.248 e. The molecule has 2 aromatic rings. The lowest BCUT2D eigenvalue weighted by Crippen LogP contribution is -2.18. The van der Waals surface area contributed by atoms with Crippen LogP contribution < -0.4 is 10.0 Å². The van der Waals surface area contributed by atoms with Gasteiger partial charge in [-0.1, -0.05) is 18.2 Å².